The molecule has 2 aliphatic heterocycles. The molecular weight excluding hydrogens is 387 g/mol. The van der Waals surface area contributed by atoms with Gasteiger partial charge < -0.3 is 19.7 Å². The summed E-state index contributed by atoms with van der Waals surface area (Å²) in [5.41, 5.74) is 0.965. The molecule has 2 amide bonds. The van der Waals surface area contributed by atoms with Crippen molar-refractivity contribution in [1.82, 2.24) is 10.2 Å². The summed E-state index contributed by atoms with van der Waals surface area (Å²) in [6.45, 7) is 1.88. The van der Waals surface area contributed by atoms with Crippen molar-refractivity contribution in [3.05, 3.63) is 65.5 Å². The van der Waals surface area contributed by atoms with Gasteiger partial charge in [-0.25, -0.2) is 4.39 Å². The highest BCUT2D eigenvalue weighted by Gasteiger charge is 2.25. The van der Waals surface area contributed by atoms with E-state index < -0.39 is 5.82 Å². The number of amides is 2. The van der Waals surface area contributed by atoms with Crippen LogP contribution in [0.2, 0.25) is 0 Å². The molecule has 2 heterocycles. The predicted octanol–water partition coefficient (Wildman–Crippen LogP) is 3.24. The topological polar surface area (TPSA) is 67.9 Å². The molecule has 0 spiro atoms. The molecule has 7 heteroatoms. The summed E-state index contributed by atoms with van der Waals surface area (Å²) in [7, 11) is 0. The molecule has 2 aromatic carbocycles. The average molecular weight is 410 g/mol. The van der Waals surface area contributed by atoms with Crippen LogP contribution in [0.25, 0.3) is 6.08 Å². The highest BCUT2D eigenvalue weighted by atomic mass is 19.1. The van der Waals surface area contributed by atoms with Crippen molar-refractivity contribution in [2.45, 2.75) is 12.8 Å². The molecule has 0 aromatic heterocycles. The lowest BCUT2D eigenvalue weighted by Gasteiger charge is -2.32. The van der Waals surface area contributed by atoms with Crippen molar-refractivity contribution in [3.8, 4) is 11.5 Å². The Morgan fingerprint density at radius 3 is 2.67 bits per heavy atom. The Balaban J connectivity index is 1.22. The highest BCUT2D eigenvalue weighted by molar-refractivity contribution is 5.94. The molecular formula is C23H23FN2O4. The van der Waals surface area contributed by atoms with E-state index in [4.69, 9.17) is 9.47 Å². The molecule has 0 bridgehead atoms. The molecule has 0 saturated carbocycles. The molecule has 0 unspecified atom stereocenters. The Morgan fingerprint density at radius 2 is 1.87 bits per heavy atom. The maximum absolute atomic E-state index is 13.8. The SMILES string of the molecule is O=C(/C=C/c1ccc2c(c1)OCO2)NCC1CCN(C(=O)c2ccccc2F)CC1. The number of nitrogens with zero attached hydrogens (tertiary/aromatic N) is 1. The van der Waals surface area contributed by atoms with Gasteiger partial charge in [0.2, 0.25) is 12.7 Å². The molecule has 1 N–H and O–H groups in total. The van der Waals surface area contributed by atoms with Gasteiger partial charge in [-0.2, -0.15) is 0 Å². The summed E-state index contributed by atoms with van der Waals surface area (Å²) in [5, 5.41) is 2.91. The van der Waals surface area contributed by atoms with E-state index in [1.165, 1.54) is 18.2 Å². The molecule has 0 radical (unpaired) electrons. The van der Waals surface area contributed by atoms with E-state index in [9.17, 15) is 14.0 Å². The summed E-state index contributed by atoms with van der Waals surface area (Å²) >= 11 is 0. The van der Waals surface area contributed by atoms with Gasteiger partial charge in [0.15, 0.2) is 11.5 Å². The first-order valence-electron chi connectivity index (χ1n) is 9.99. The average Bonchev–Trinajstić information content (AvgIpc) is 3.24. The van der Waals surface area contributed by atoms with Gasteiger partial charge in [0.25, 0.3) is 5.91 Å². The van der Waals surface area contributed by atoms with Gasteiger partial charge in [0.05, 0.1) is 5.56 Å². The number of piperidine rings is 1. The molecule has 2 aromatic rings. The van der Waals surface area contributed by atoms with Crippen molar-refractivity contribution in [1.29, 1.82) is 0 Å². The maximum Gasteiger partial charge on any atom is 0.256 e. The Labute approximate surface area is 174 Å². The second-order valence-electron chi connectivity index (χ2n) is 7.41. The van der Waals surface area contributed by atoms with Gasteiger partial charge in [-0.15, -0.1) is 0 Å². The Kier molecular flexibility index (Phi) is 5.97. The zero-order valence-corrected chi connectivity index (χ0v) is 16.5. The number of halogens is 1. The van der Waals surface area contributed by atoms with Crippen LogP contribution in [-0.4, -0.2) is 43.1 Å². The molecule has 30 heavy (non-hydrogen) atoms. The van der Waals surface area contributed by atoms with Crippen LogP contribution in [0.5, 0.6) is 11.5 Å². The van der Waals surface area contributed by atoms with Crippen LogP contribution in [0.4, 0.5) is 4.39 Å². The van der Waals surface area contributed by atoms with Crippen molar-refractivity contribution in [2.24, 2.45) is 5.92 Å². The number of hydrogen-bond donors (Lipinski definition) is 1. The fraction of sp³-hybridized carbons (Fsp3) is 0.304. The number of rotatable bonds is 5. The second-order valence-corrected chi connectivity index (χ2v) is 7.41. The minimum atomic E-state index is -0.494. The number of benzene rings is 2. The maximum atomic E-state index is 13.8. The number of ether oxygens (including phenoxy) is 2. The predicted molar refractivity (Wildman–Crippen MR) is 110 cm³/mol. The lowest BCUT2D eigenvalue weighted by molar-refractivity contribution is -0.116. The summed E-state index contributed by atoms with van der Waals surface area (Å²) in [6.07, 6.45) is 4.76. The van der Waals surface area contributed by atoms with Crippen LogP contribution in [0.3, 0.4) is 0 Å². The van der Waals surface area contributed by atoms with Gasteiger partial charge in [-0.3, -0.25) is 9.59 Å². The first-order valence-corrected chi connectivity index (χ1v) is 9.99. The quantitative estimate of drug-likeness (QED) is 0.769. The van der Waals surface area contributed by atoms with Crippen LogP contribution in [0.15, 0.2) is 48.5 Å². The normalized spacial score (nSPS) is 16.1. The van der Waals surface area contributed by atoms with E-state index >= 15 is 0 Å². The zero-order chi connectivity index (χ0) is 20.9. The summed E-state index contributed by atoms with van der Waals surface area (Å²) < 4.78 is 24.4. The van der Waals surface area contributed by atoms with Gasteiger partial charge >= 0.3 is 0 Å². The lowest BCUT2D eigenvalue weighted by atomic mass is 9.96. The molecule has 2 aliphatic rings. The first kappa shape index (κ1) is 19.9. The van der Waals surface area contributed by atoms with E-state index in [-0.39, 0.29) is 30.1 Å². The number of hydrogen-bond acceptors (Lipinski definition) is 4. The second kappa shape index (κ2) is 8.98. The lowest BCUT2D eigenvalue weighted by Crippen LogP contribution is -2.41. The van der Waals surface area contributed by atoms with Crippen LogP contribution in [0.1, 0.15) is 28.8 Å². The molecule has 1 fully saturated rings. The first-order chi connectivity index (χ1) is 14.6. The van der Waals surface area contributed by atoms with Gasteiger partial charge in [-0.05, 0) is 54.7 Å². The van der Waals surface area contributed by atoms with Crippen molar-refractivity contribution >= 4 is 17.9 Å². The molecule has 156 valence electrons. The van der Waals surface area contributed by atoms with Gasteiger partial charge in [-0.1, -0.05) is 18.2 Å². The zero-order valence-electron chi connectivity index (χ0n) is 16.5. The van der Waals surface area contributed by atoms with E-state index in [2.05, 4.69) is 5.32 Å². The van der Waals surface area contributed by atoms with E-state index in [0.717, 1.165) is 18.4 Å². The van der Waals surface area contributed by atoms with E-state index in [1.54, 1.807) is 23.1 Å². The van der Waals surface area contributed by atoms with Crippen molar-refractivity contribution in [3.63, 3.8) is 0 Å². The van der Waals surface area contributed by atoms with E-state index in [1.807, 2.05) is 18.2 Å². The number of nitrogens with one attached hydrogen (secondary N) is 1. The Hall–Kier alpha value is -3.35. The van der Waals surface area contributed by atoms with E-state index in [0.29, 0.717) is 31.1 Å². The fourth-order valence-corrected chi connectivity index (χ4v) is 3.64. The monoisotopic (exact) mass is 410 g/mol. The fourth-order valence-electron chi connectivity index (χ4n) is 3.64. The molecule has 0 atom stereocenters. The number of carbonyl (C=O) groups excluding carboxylic acids is 2. The van der Waals surface area contributed by atoms with Crippen LogP contribution in [-0.2, 0) is 4.79 Å². The smallest absolute Gasteiger partial charge is 0.256 e. The molecule has 1 saturated heterocycles. The third kappa shape index (κ3) is 4.62. The number of carbonyl (C=O) groups is 2. The Morgan fingerprint density at radius 1 is 1.10 bits per heavy atom. The summed E-state index contributed by atoms with van der Waals surface area (Å²) in [4.78, 5) is 26.3. The number of fused-ring (bicyclic) bond motifs is 1. The van der Waals surface area contributed by atoms with Crippen molar-refractivity contribution < 1.29 is 23.5 Å². The largest absolute Gasteiger partial charge is 0.454 e. The minimum absolute atomic E-state index is 0.109. The molecule has 6 nitrogen and oxygen atoms in total. The van der Waals surface area contributed by atoms with Crippen LogP contribution >= 0.6 is 0 Å². The van der Waals surface area contributed by atoms with Crippen LogP contribution in [0, 0.1) is 11.7 Å². The van der Waals surface area contributed by atoms with Crippen LogP contribution < -0.4 is 14.8 Å². The minimum Gasteiger partial charge on any atom is -0.454 e. The summed E-state index contributed by atoms with van der Waals surface area (Å²) in [6, 6.07) is 11.5. The number of likely N-dealkylation sites (tertiary alicyclic amines) is 1. The van der Waals surface area contributed by atoms with Gasteiger partial charge in [0, 0.05) is 25.7 Å². The molecule has 0 aliphatic carbocycles. The third-order valence-corrected chi connectivity index (χ3v) is 5.39. The van der Waals surface area contributed by atoms with Crippen molar-refractivity contribution in [2.75, 3.05) is 26.4 Å². The summed E-state index contributed by atoms with van der Waals surface area (Å²) in [5.74, 6) is 0.731. The van der Waals surface area contributed by atoms with Gasteiger partial charge in [0.1, 0.15) is 5.82 Å². The third-order valence-electron chi connectivity index (χ3n) is 5.39. The Bertz CT molecular complexity index is 967. The highest BCUT2D eigenvalue weighted by Crippen LogP contribution is 2.32. The molecule has 4 rings (SSSR count). The standard InChI is InChI=1S/C23H23FN2O4/c24-19-4-2-1-3-18(19)23(28)26-11-9-17(10-12-26)14-25-22(27)8-6-16-5-7-20-21(13-16)30-15-29-20/h1-8,13,17H,9-12,14-15H2,(H,25,27)/b8-6+.